The molecule has 1 aromatic rings. The molecule has 0 aromatic heterocycles. The first-order valence-electron chi connectivity index (χ1n) is 7.22. The fourth-order valence-electron chi connectivity index (χ4n) is 2.51. The predicted octanol–water partition coefficient (Wildman–Crippen LogP) is 2.41. The summed E-state index contributed by atoms with van der Waals surface area (Å²) in [6.07, 6.45) is 0.954. The molecule has 0 aliphatic carbocycles. The van der Waals surface area contributed by atoms with E-state index >= 15 is 0 Å². The Morgan fingerprint density at radius 2 is 1.90 bits per heavy atom. The second-order valence-corrected chi connectivity index (χ2v) is 5.59. The molecule has 0 spiro atoms. The smallest absolute Gasteiger partial charge is 0.309 e. The van der Waals surface area contributed by atoms with Crippen molar-refractivity contribution in [2.24, 2.45) is 5.41 Å². The van der Waals surface area contributed by atoms with Crippen LogP contribution in [0.25, 0.3) is 0 Å². The van der Waals surface area contributed by atoms with E-state index in [0.29, 0.717) is 43.9 Å². The van der Waals surface area contributed by atoms with E-state index in [1.807, 2.05) is 13.0 Å². The molecule has 0 radical (unpaired) electrons. The van der Waals surface area contributed by atoms with Gasteiger partial charge in [0.05, 0.1) is 17.6 Å². The number of aliphatic carboxylic acids is 1. The number of nitrogens with zero attached hydrogens (tertiary/aromatic N) is 1. The number of amides is 1. The van der Waals surface area contributed by atoms with Gasteiger partial charge in [0.25, 0.3) is 5.91 Å². The van der Waals surface area contributed by atoms with Crippen molar-refractivity contribution >= 4 is 11.9 Å². The molecular weight excluding hydrogens is 270 g/mol. The molecule has 114 valence electrons. The van der Waals surface area contributed by atoms with Gasteiger partial charge in [0.15, 0.2) is 0 Å². The van der Waals surface area contributed by atoms with Gasteiger partial charge >= 0.3 is 5.97 Å². The normalized spacial score (nSPS) is 17.3. The van der Waals surface area contributed by atoms with Crippen molar-refractivity contribution in [3.63, 3.8) is 0 Å². The number of ether oxygens (including phenoxy) is 1. The number of benzene rings is 1. The van der Waals surface area contributed by atoms with Crippen LogP contribution in [0.4, 0.5) is 0 Å². The summed E-state index contributed by atoms with van der Waals surface area (Å²) in [5.41, 5.74) is -0.186. The highest BCUT2D eigenvalue weighted by atomic mass is 16.5. The van der Waals surface area contributed by atoms with Crippen LogP contribution < -0.4 is 4.74 Å². The average molecular weight is 291 g/mol. The Balaban J connectivity index is 2.11. The fraction of sp³-hybridized carbons (Fsp3) is 0.500. The number of carbonyl (C=O) groups is 2. The molecule has 1 amide bonds. The van der Waals surface area contributed by atoms with Gasteiger partial charge in [-0.25, -0.2) is 0 Å². The van der Waals surface area contributed by atoms with Crippen molar-refractivity contribution in [2.75, 3.05) is 19.7 Å². The number of carboxylic acids is 1. The van der Waals surface area contributed by atoms with Gasteiger partial charge in [-0.05, 0) is 38.8 Å². The van der Waals surface area contributed by atoms with Crippen LogP contribution in [-0.2, 0) is 4.79 Å². The maximum absolute atomic E-state index is 12.6. The van der Waals surface area contributed by atoms with Crippen molar-refractivity contribution in [3.8, 4) is 5.75 Å². The van der Waals surface area contributed by atoms with E-state index in [4.69, 9.17) is 4.74 Å². The summed E-state index contributed by atoms with van der Waals surface area (Å²) in [7, 11) is 0. The lowest BCUT2D eigenvalue weighted by Gasteiger charge is -2.36. The maximum atomic E-state index is 12.6. The highest BCUT2D eigenvalue weighted by molar-refractivity contribution is 5.97. The Morgan fingerprint density at radius 1 is 1.29 bits per heavy atom. The first-order chi connectivity index (χ1) is 9.98. The third-order valence-corrected chi connectivity index (χ3v) is 4.09. The summed E-state index contributed by atoms with van der Waals surface area (Å²) in [6.45, 7) is 5.04. The summed E-state index contributed by atoms with van der Waals surface area (Å²) >= 11 is 0. The second-order valence-electron chi connectivity index (χ2n) is 5.59. The van der Waals surface area contributed by atoms with Crippen molar-refractivity contribution in [3.05, 3.63) is 29.8 Å². The Bertz CT molecular complexity index is 533. The molecule has 0 bridgehead atoms. The average Bonchev–Trinajstić information content (AvgIpc) is 2.48. The molecule has 0 saturated carbocycles. The van der Waals surface area contributed by atoms with E-state index in [9.17, 15) is 14.7 Å². The minimum atomic E-state index is -0.788. The van der Waals surface area contributed by atoms with Crippen molar-refractivity contribution in [2.45, 2.75) is 26.7 Å². The van der Waals surface area contributed by atoms with E-state index in [0.717, 1.165) is 0 Å². The van der Waals surface area contributed by atoms with E-state index < -0.39 is 11.4 Å². The molecule has 1 fully saturated rings. The molecule has 5 heteroatoms. The van der Waals surface area contributed by atoms with Gasteiger partial charge in [-0.2, -0.15) is 0 Å². The lowest BCUT2D eigenvalue weighted by Crippen LogP contribution is -2.45. The first-order valence-corrected chi connectivity index (χ1v) is 7.22. The molecule has 0 atom stereocenters. The second kappa shape index (κ2) is 6.16. The molecule has 1 saturated heterocycles. The van der Waals surface area contributed by atoms with Gasteiger partial charge in [0, 0.05) is 13.1 Å². The van der Waals surface area contributed by atoms with Crippen LogP contribution in [0, 0.1) is 5.41 Å². The minimum Gasteiger partial charge on any atom is -0.493 e. The zero-order valence-corrected chi connectivity index (χ0v) is 12.5. The molecule has 1 aliphatic rings. The zero-order valence-electron chi connectivity index (χ0n) is 12.5. The van der Waals surface area contributed by atoms with Crippen molar-refractivity contribution in [1.29, 1.82) is 0 Å². The van der Waals surface area contributed by atoms with Crippen LogP contribution in [0.3, 0.4) is 0 Å². The molecule has 5 nitrogen and oxygen atoms in total. The third kappa shape index (κ3) is 3.17. The predicted molar refractivity (Wildman–Crippen MR) is 78.5 cm³/mol. The Morgan fingerprint density at radius 3 is 2.48 bits per heavy atom. The quantitative estimate of drug-likeness (QED) is 0.925. The standard InChI is InChI=1S/C16H21NO4/c1-3-21-13-7-5-4-6-12(13)14(18)17-10-8-16(2,9-11-17)15(19)20/h4-7H,3,8-11H2,1-2H3,(H,19,20). The first kappa shape index (κ1) is 15.4. The van der Waals surface area contributed by atoms with Crippen LogP contribution in [0.15, 0.2) is 24.3 Å². The van der Waals surface area contributed by atoms with Crippen molar-refractivity contribution in [1.82, 2.24) is 4.90 Å². The van der Waals surface area contributed by atoms with Gasteiger partial charge in [-0.3, -0.25) is 9.59 Å². The molecule has 1 aromatic carbocycles. The SMILES string of the molecule is CCOc1ccccc1C(=O)N1CCC(C)(C(=O)O)CC1. The van der Waals surface area contributed by atoms with E-state index in [-0.39, 0.29) is 5.91 Å². The summed E-state index contributed by atoms with van der Waals surface area (Å²) < 4.78 is 5.49. The number of para-hydroxylation sites is 1. The molecule has 21 heavy (non-hydrogen) atoms. The van der Waals surface area contributed by atoms with E-state index in [1.165, 1.54) is 0 Å². The highest BCUT2D eigenvalue weighted by Crippen LogP contribution is 2.32. The van der Waals surface area contributed by atoms with Crippen LogP contribution in [0.1, 0.15) is 37.0 Å². The summed E-state index contributed by atoms with van der Waals surface area (Å²) in [5, 5.41) is 9.23. The van der Waals surface area contributed by atoms with E-state index in [1.54, 1.807) is 30.0 Å². The van der Waals surface area contributed by atoms with Gasteiger partial charge in [-0.1, -0.05) is 12.1 Å². The van der Waals surface area contributed by atoms with E-state index in [2.05, 4.69) is 0 Å². The molecular formula is C16H21NO4. The number of hydrogen-bond donors (Lipinski definition) is 1. The number of carbonyl (C=O) groups excluding carboxylic acids is 1. The van der Waals surface area contributed by atoms with Gasteiger partial charge in [0.2, 0.25) is 0 Å². The number of carboxylic acid groups (broad SMARTS) is 1. The number of likely N-dealkylation sites (tertiary alicyclic amines) is 1. The monoisotopic (exact) mass is 291 g/mol. The molecule has 1 aliphatic heterocycles. The Labute approximate surface area is 124 Å². The lowest BCUT2D eigenvalue weighted by atomic mass is 9.80. The molecule has 2 rings (SSSR count). The van der Waals surface area contributed by atoms with Crippen molar-refractivity contribution < 1.29 is 19.4 Å². The number of hydrogen-bond acceptors (Lipinski definition) is 3. The molecule has 1 N–H and O–H groups in total. The summed E-state index contributed by atoms with van der Waals surface area (Å²) in [4.78, 5) is 25.5. The number of piperidine rings is 1. The van der Waals surface area contributed by atoms with Crippen LogP contribution >= 0.6 is 0 Å². The number of rotatable bonds is 4. The lowest BCUT2D eigenvalue weighted by molar-refractivity contribution is -0.150. The fourth-order valence-corrected chi connectivity index (χ4v) is 2.51. The topological polar surface area (TPSA) is 66.8 Å². The zero-order chi connectivity index (χ0) is 15.5. The largest absolute Gasteiger partial charge is 0.493 e. The van der Waals surface area contributed by atoms with Gasteiger partial charge in [-0.15, -0.1) is 0 Å². The van der Waals surface area contributed by atoms with Gasteiger partial charge in [0.1, 0.15) is 5.75 Å². The van der Waals surface area contributed by atoms with Gasteiger partial charge < -0.3 is 14.7 Å². The summed E-state index contributed by atoms with van der Waals surface area (Å²) in [5.74, 6) is -0.299. The third-order valence-electron chi connectivity index (χ3n) is 4.09. The Kier molecular flexibility index (Phi) is 4.50. The molecule has 1 heterocycles. The minimum absolute atomic E-state index is 0.0912. The molecule has 0 unspecified atom stereocenters. The van der Waals surface area contributed by atoms with Crippen LogP contribution in [0.5, 0.6) is 5.75 Å². The highest BCUT2D eigenvalue weighted by Gasteiger charge is 2.38. The van der Waals surface area contributed by atoms with Crippen LogP contribution in [-0.4, -0.2) is 41.6 Å². The van der Waals surface area contributed by atoms with Crippen LogP contribution in [0.2, 0.25) is 0 Å². The summed E-state index contributed by atoms with van der Waals surface area (Å²) in [6, 6.07) is 7.17. The maximum Gasteiger partial charge on any atom is 0.309 e. The Hall–Kier alpha value is -2.04.